The van der Waals surface area contributed by atoms with Crippen LogP contribution in [0, 0.1) is 0 Å². The van der Waals surface area contributed by atoms with Crippen LogP contribution in [-0.4, -0.2) is 42.8 Å². The van der Waals surface area contributed by atoms with Gasteiger partial charge in [-0.25, -0.2) is 4.68 Å². The molecule has 1 aliphatic heterocycles. The van der Waals surface area contributed by atoms with E-state index in [1.54, 1.807) is 13.3 Å². The third-order valence-electron chi connectivity index (χ3n) is 3.55. The predicted octanol–water partition coefficient (Wildman–Crippen LogP) is 1.91. The highest BCUT2D eigenvalue weighted by Crippen LogP contribution is 2.18. The third kappa shape index (κ3) is 4.69. The number of nitrogens with zero attached hydrogens (tertiary/aromatic N) is 2. The van der Waals surface area contributed by atoms with Gasteiger partial charge in [0, 0.05) is 20.3 Å². The number of anilines is 1. The molecular formula is C14H22ClN3O3. The Labute approximate surface area is 129 Å². The fourth-order valence-electron chi connectivity index (χ4n) is 2.33. The van der Waals surface area contributed by atoms with Crippen LogP contribution in [0.5, 0.6) is 0 Å². The number of ether oxygens (including phenoxy) is 2. The van der Waals surface area contributed by atoms with E-state index >= 15 is 0 Å². The molecule has 0 radical (unpaired) electrons. The predicted molar refractivity (Wildman–Crippen MR) is 82.1 cm³/mol. The first-order chi connectivity index (χ1) is 10.2. The normalized spacial score (nSPS) is 18.7. The van der Waals surface area contributed by atoms with Crippen molar-refractivity contribution < 1.29 is 9.47 Å². The first kappa shape index (κ1) is 16.3. The Balaban J connectivity index is 1.88. The number of methoxy groups -OCH3 is 1. The summed E-state index contributed by atoms with van der Waals surface area (Å²) < 4.78 is 11.9. The van der Waals surface area contributed by atoms with Crippen LogP contribution in [-0.2, 0) is 16.0 Å². The number of hydrogen-bond donors (Lipinski definition) is 1. The smallest absolute Gasteiger partial charge is 0.287 e. The van der Waals surface area contributed by atoms with Gasteiger partial charge in [-0.15, -0.1) is 0 Å². The summed E-state index contributed by atoms with van der Waals surface area (Å²) >= 11 is 6.09. The molecule has 21 heavy (non-hydrogen) atoms. The van der Waals surface area contributed by atoms with Crippen molar-refractivity contribution >= 4 is 17.3 Å². The van der Waals surface area contributed by atoms with E-state index in [-0.39, 0.29) is 10.6 Å². The minimum Gasteiger partial charge on any atom is -0.383 e. The lowest BCUT2D eigenvalue weighted by molar-refractivity contribution is 0.0134. The lowest BCUT2D eigenvalue weighted by atomic mass is 10.1. The van der Waals surface area contributed by atoms with Gasteiger partial charge in [0.05, 0.1) is 31.1 Å². The average molecular weight is 316 g/mol. The van der Waals surface area contributed by atoms with E-state index in [0.29, 0.717) is 31.5 Å². The van der Waals surface area contributed by atoms with E-state index in [2.05, 4.69) is 10.4 Å². The SMILES string of the molecule is COCCn1ncc(NCCC2CCCCO2)c(Cl)c1=O. The van der Waals surface area contributed by atoms with Crippen molar-refractivity contribution in [2.24, 2.45) is 0 Å². The standard InChI is InChI=1S/C14H22ClN3O3/c1-20-9-7-18-14(19)13(15)12(10-17-18)16-6-5-11-4-2-3-8-21-11/h10-11,16H,2-9H2,1H3. The molecular weight excluding hydrogens is 294 g/mol. The van der Waals surface area contributed by atoms with Crippen LogP contribution in [0.1, 0.15) is 25.7 Å². The summed E-state index contributed by atoms with van der Waals surface area (Å²) in [6, 6.07) is 0. The minimum atomic E-state index is -0.298. The summed E-state index contributed by atoms with van der Waals surface area (Å²) in [4.78, 5) is 12.0. The van der Waals surface area contributed by atoms with Crippen LogP contribution in [0.25, 0.3) is 0 Å². The molecule has 1 fully saturated rings. The molecule has 1 aromatic heterocycles. The van der Waals surface area contributed by atoms with Gasteiger partial charge in [0.15, 0.2) is 0 Å². The van der Waals surface area contributed by atoms with E-state index in [4.69, 9.17) is 21.1 Å². The monoisotopic (exact) mass is 315 g/mol. The lowest BCUT2D eigenvalue weighted by Crippen LogP contribution is -2.26. The van der Waals surface area contributed by atoms with Gasteiger partial charge in [-0.3, -0.25) is 4.79 Å². The highest BCUT2D eigenvalue weighted by Gasteiger charge is 2.14. The van der Waals surface area contributed by atoms with Gasteiger partial charge >= 0.3 is 0 Å². The second-order valence-corrected chi connectivity index (χ2v) is 5.48. The molecule has 1 unspecified atom stereocenters. The van der Waals surface area contributed by atoms with Gasteiger partial charge in [-0.1, -0.05) is 11.6 Å². The average Bonchev–Trinajstić information content (AvgIpc) is 2.52. The molecule has 1 aromatic rings. The molecule has 0 bridgehead atoms. The van der Waals surface area contributed by atoms with Gasteiger partial charge in [0.2, 0.25) is 0 Å². The molecule has 0 aromatic carbocycles. The molecule has 0 saturated carbocycles. The largest absolute Gasteiger partial charge is 0.383 e. The topological polar surface area (TPSA) is 65.4 Å². The fraction of sp³-hybridized carbons (Fsp3) is 0.714. The van der Waals surface area contributed by atoms with Gasteiger partial charge in [0.25, 0.3) is 5.56 Å². The summed E-state index contributed by atoms with van der Waals surface area (Å²) in [6.45, 7) is 2.39. The molecule has 2 rings (SSSR count). The lowest BCUT2D eigenvalue weighted by Gasteiger charge is -2.22. The molecule has 1 aliphatic rings. The Kier molecular flexibility index (Phi) is 6.48. The van der Waals surface area contributed by atoms with E-state index < -0.39 is 0 Å². The number of aromatic nitrogens is 2. The van der Waals surface area contributed by atoms with E-state index in [1.807, 2.05) is 0 Å². The molecule has 0 spiro atoms. The molecule has 0 amide bonds. The van der Waals surface area contributed by atoms with Crippen molar-refractivity contribution in [2.75, 3.05) is 32.2 Å². The van der Waals surface area contributed by atoms with Crippen LogP contribution >= 0.6 is 11.6 Å². The highest BCUT2D eigenvalue weighted by molar-refractivity contribution is 6.32. The van der Waals surface area contributed by atoms with E-state index in [0.717, 1.165) is 25.9 Å². The van der Waals surface area contributed by atoms with Crippen molar-refractivity contribution in [1.29, 1.82) is 0 Å². The molecule has 1 N–H and O–H groups in total. The molecule has 7 heteroatoms. The van der Waals surface area contributed by atoms with E-state index in [1.165, 1.54) is 11.1 Å². The fourth-order valence-corrected chi connectivity index (χ4v) is 2.54. The summed E-state index contributed by atoms with van der Waals surface area (Å²) in [5.74, 6) is 0. The second kappa shape index (κ2) is 8.36. The molecule has 1 atom stereocenters. The summed E-state index contributed by atoms with van der Waals surface area (Å²) in [5.41, 5.74) is 0.277. The maximum atomic E-state index is 12.0. The maximum absolute atomic E-state index is 12.0. The quantitative estimate of drug-likeness (QED) is 0.832. The minimum absolute atomic E-state index is 0.172. The van der Waals surface area contributed by atoms with Crippen molar-refractivity contribution in [3.63, 3.8) is 0 Å². The number of hydrogen-bond acceptors (Lipinski definition) is 5. The van der Waals surface area contributed by atoms with E-state index in [9.17, 15) is 4.79 Å². The van der Waals surface area contributed by atoms with Crippen LogP contribution in [0.4, 0.5) is 5.69 Å². The van der Waals surface area contributed by atoms with Crippen molar-refractivity contribution in [3.05, 3.63) is 21.6 Å². The van der Waals surface area contributed by atoms with Crippen LogP contribution in [0.2, 0.25) is 5.02 Å². The Hall–Kier alpha value is -1.11. The van der Waals surface area contributed by atoms with Gasteiger partial charge in [0.1, 0.15) is 5.02 Å². The van der Waals surface area contributed by atoms with Crippen LogP contribution in [0.15, 0.2) is 11.0 Å². The number of nitrogens with one attached hydrogen (secondary N) is 1. The zero-order valence-corrected chi connectivity index (χ0v) is 13.1. The molecule has 118 valence electrons. The maximum Gasteiger partial charge on any atom is 0.287 e. The highest BCUT2D eigenvalue weighted by atomic mass is 35.5. The molecule has 2 heterocycles. The number of rotatable bonds is 7. The zero-order valence-electron chi connectivity index (χ0n) is 12.3. The van der Waals surface area contributed by atoms with Crippen molar-refractivity contribution in [3.8, 4) is 0 Å². The Morgan fingerprint density at radius 2 is 2.43 bits per heavy atom. The van der Waals surface area contributed by atoms with Gasteiger partial charge < -0.3 is 14.8 Å². The zero-order chi connectivity index (χ0) is 15.1. The van der Waals surface area contributed by atoms with Gasteiger partial charge in [-0.2, -0.15) is 5.10 Å². The van der Waals surface area contributed by atoms with Crippen LogP contribution in [0.3, 0.4) is 0 Å². The van der Waals surface area contributed by atoms with Crippen molar-refractivity contribution in [2.45, 2.75) is 38.3 Å². The first-order valence-electron chi connectivity index (χ1n) is 7.32. The number of halogens is 1. The van der Waals surface area contributed by atoms with Gasteiger partial charge in [-0.05, 0) is 25.7 Å². The first-order valence-corrected chi connectivity index (χ1v) is 7.70. The Morgan fingerprint density at radius 1 is 1.57 bits per heavy atom. The Bertz CT molecular complexity index is 501. The third-order valence-corrected chi connectivity index (χ3v) is 3.91. The summed E-state index contributed by atoms with van der Waals surface area (Å²) in [7, 11) is 1.58. The van der Waals surface area contributed by atoms with Crippen LogP contribution < -0.4 is 10.9 Å². The summed E-state index contributed by atoms with van der Waals surface area (Å²) in [6.07, 6.45) is 6.28. The van der Waals surface area contributed by atoms with Crippen molar-refractivity contribution in [1.82, 2.24) is 9.78 Å². The Morgan fingerprint density at radius 3 is 3.14 bits per heavy atom. The molecule has 6 nitrogen and oxygen atoms in total. The molecule has 1 saturated heterocycles. The second-order valence-electron chi connectivity index (χ2n) is 5.10. The summed E-state index contributed by atoms with van der Waals surface area (Å²) in [5, 5.41) is 7.43. The molecule has 0 aliphatic carbocycles.